The highest BCUT2D eigenvalue weighted by Gasteiger charge is 2.23. The molecule has 27 heavy (non-hydrogen) atoms. The van der Waals surface area contributed by atoms with E-state index in [-0.39, 0.29) is 29.1 Å². The van der Waals surface area contributed by atoms with Crippen LogP contribution >= 0.6 is 0 Å². The van der Waals surface area contributed by atoms with Crippen LogP contribution in [0.1, 0.15) is 15.9 Å². The van der Waals surface area contributed by atoms with Crippen molar-refractivity contribution in [2.24, 2.45) is 0 Å². The summed E-state index contributed by atoms with van der Waals surface area (Å²) in [5.74, 6) is -0.432. The summed E-state index contributed by atoms with van der Waals surface area (Å²) in [6.45, 7) is 1.65. The molecular weight excluding hydrogens is 378 g/mol. The number of nitrogens with zero attached hydrogens (tertiary/aromatic N) is 3. The van der Waals surface area contributed by atoms with E-state index in [2.05, 4.69) is 9.97 Å². The molecule has 0 atom stereocenters. The van der Waals surface area contributed by atoms with Crippen molar-refractivity contribution < 1.29 is 32.3 Å². The van der Waals surface area contributed by atoms with Crippen LogP contribution in [0.15, 0.2) is 24.3 Å². The molecule has 0 bridgehead atoms. The molecule has 10 nitrogen and oxygen atoms in total. The SMILES string of the molecule is COc1cc(OC)nc(Oc2cccc(C)c2C(=O)ON(C)S(C)(=O)=O)n1. The monoisotopic (exact) mass is 397 g/mol. The fourth-order valence-corrected chi connectivity index (χ4v) is 2.16. The van der Waals surface area contributed by atoms with Crippen molar-refractivity contribution in [1.82, 2.24) is 14.4 Å². The van der Waals surface area contributed by atoms with Crippen molar-refractivity contribution in [2.45, 2.75) is 6.92 Å². The number of aryl methyl sites for hydroxylation is 1. The molecule has 0 unspecified atom stereocenters. The Morgan fingerprint density at radius 1 is 1.11 bits per heavy atom. The number of hydroxylamine groups is 1. The Morgan fingerprint density at radius 2 is 1.70 bits per heavy atom. The molecule has 1 aromatic heterocycles. The number of rotatable bonds is 7. The average molecular weight is 397 g/mol. The van der Waals surface area contributed by atoms with E-state index < -0.39 is 16.0 Å². The molecule has 1 heterocycles. The molecule has 2 rings (SSSR count). The predicted molar refractivity (Wildman–Crippen MR) is 94.4 cm³/mol. The molecule has 0 aliphatic carbocycles. The van der Waals surface area contributed by atoms with Crippen molar-refractivity contribution in [3.05, 3.63) is 35.4 Å². The second kappa shape index (κ2) is 8.18. The third-order valence-corrected chi connectivity index (χ3v) is 4.40. The highest BCUT2D eigenvalue weighted by atomic mass is 32.2. The Kier molecular flexibility index (Phi) is 6.18. The van der Waals surface area contributed by atoms with Gasteiger partial charge in [0.1, 0.15) is 11.3 Å². The highest BCUT2D eigenvalue weighted by Crippen LogP contribution is 2.29. The molecule has 146 valence electrons. The number of methoxy groups -OCH3 is 2. The Morgan fingerprint density at radius 3 is 2.22 bits per heavy atom. The molecule has 0 spiro atoms. The molecule has 2 aromatic rings. The molecule has 0 saturated carbocycles. The van der Waals surface area contributed by atoms with Crippen LogP contribution in [0, 0.1) is 6.92 Å². The number of benzene rings is 1. The maximum absolute atomic E-state index is 12.5. The Labute approximate surface area is 156 Å². The van der Waals surface area contributed by atoms with Gasteiger partial charge in [-0.3, -0.25) is 0 Å². The maximum Gasteiger partial charge on any atom is 0.362 e. The minimum absolute atomic E-state index is 0.0263. The number of ether oxygens (including phenoxy) is 3. The van der Waals surface area contributed by atoms with Gasteiger partial charge in [-0.15, -0.1) is 0 Å². The third-order valence-electron chi connectivity index (χ3n) is 3.40. The molecule has 0 N–H and O–H groups in total. The first-order valence-corrected chi connectivity index (χ1v) is 9.41. The van der Waals surface area contributed by atoms with Gasteiger partial charge in [0.15, 0.2) is 0 Å². The third kappa shape index (κ3) is 5.05. The van der Waals surface area contributed by atoms with Gasteiger partial charge in [0.2, 0.25) is 21.8 Å². The van der Waals surface area contributed by atoms with Gasteiger partial charge in [0.25, 0.3) is 0 Å². The molecule has 0 aliphatic heterocycles. The highest BCUT2D eigenvalue weighted by molar-refractivity contribution is 7.88. The topological polar surface area (TPSA) is 117 Å². The van der Waals surface area contributed by atoms with E-state index in [4.69, 9.17) is 19.0 Å². The van der Waals surface area contributed by atoms with Gasteiger partial charge in [0, 0.05) is 7.05 Å². The Balaban J connectivity index is 2.39. The largest absolute Gasteiger partial charge is 0.481 e. The van der Waals surface area contributed by atoms with E-state index in [1.54, 1.807) is 19.1 Å². The first-order chi connectivity index (χ1) is 12.7. The number of carbonyl (C=O) groups is 1. The summed E-state index contributed by atoms with van der Waals surface area (Å²) < 4.78 is 39.1. The molecule has 1 aromatic carbocycles. The summed E-state index contributed by atoms with van der Waals surface area (Å²) in [7, 11) is 0.234. The molecule has 0 amide bonds. The number of hydrogen-bond acceptors (Lipinski definition) is 9. The molecule has 0 fully saturated rings. The lowest BCUT2D eigenvalue weighted by atomic mass is 10.1. The zero-order chi connectivity index (χ0) is 20.2. The normalized spacial score (nSPS) is 11.2. The summed E-state index contributed by atoms with van der Waals surface area (Å²) in [4.78, 5) is 25.4. The van der Waals surface area contributed by atoms with E-state index in [0.717, 1.165) is 13.3 Å². The van der Waals surface area contributed by atoms with Crippen LogP contribution in [0.5, 0.6) is 23.5 Å². The van der Waals surface area contributed by atoms with Crippen LogP contribution in [0.3, 0.4) is 0 Å². The van der Waals surface area contributed by atoms with Gasteiger partial charge in [-0.25, -0.2) is 13.2 Å². The van der Waals surface area contributed by atoms with Gasteiger partial charge in [-0.2, -0.15) is 9.97 Å². The van der Waals surface area contributed by atoms with Crippen LogP contribution < -0.4 is 14.2 Å². The van der Waals surface area contributed by atoms with E-state index in [1.165, 1.54) is 26.4 Å². The first-order valence-electron chi connectivity index (χ1n) is 7.56. The summed E-state index contributed by atoms with van der Waals surface area (Å²) in [6, 6.07) is 6.14. The predicted octanol–water partition coefficient (Wildman–Crippen LogP) is 1.56. The Bertz CT molecular complexity index is 925. The van der Waals surface area contributed by atoms with Crippen molar-refractivity contribution in [2.75, 3.05) is 27.5 Å². The smallest absolute Gasteiger partial charge is 0.362 e. The zero-order valence-electron chi connectivity index (χ0n) is 15.4. The van der Waals surface area contributed by atoms with Crippen LogP contribution in [-0.4, -0.2) is 56.3 Å². The van der Waals surface area contributed by atoms with E-state index in [1.807, 2.05) is 0 Å². The standard InChI is InChI=1S/C16H19N3O7S/c1-10-7-6-8-11(14(10)15(20)26-19(2)27(5,21)22)25-16-17-12(23-3)9-13(18-16)24-4/h6-9H,1-5H3. The minimum Gasteiger partial charge on any atom is -0.481 e. The summed E-state index contributed by atoms with van der Waals surface area (Å²) in [5, 5.41) is 0. The van der Waals surface area contributed by atoms with Gasteiger partial charge < -0.3 is 19.0 Å². The number of hydrogen-bond donors (Lipinski definition) is 0. The number of sulfonamides is 1. The van der Waals surface area contributed by atoms with E-state index >= 15 is 0 Å². The first kappa shape index (κ1) is 20.4. The summed E-state index contributed by atoms with van der Waals surface area (Å²) in [6.07, 6.45) is 0.909. The fourth-order valence-electron chi connectivity index (χ4n) is 1.95. The van der Waals surface area contributed by atoms with E-state index in [0.29, 0.717) is 10.0 Å². The van der Waals surface area contributed by atoms with Crippen molar-refractivity contribution in [1.29, 1.82) is 0 Å². The van der Waals surface area contributed by atoms with Crippen LogP contribution in [-0.2, 0) is 14.9 Å². The van der Waals surface area contributed by atoms with Gasteiger partial charge in [-0.1, -0.05) is 12.1 Å². The molecule has 0 aliphatic rings. The quantitative estimate of drug-likeness (QED) is 0.641. The lowest BCUT2D eigenvalue weighted by Crippen LogP contribution is -2.29. The molecule has 0 radical (unpaired) electrons. The lowest BCUT2D eigenvalue weighted by Gasteiger charge is -2.16. The minimum atomic E-state index is -3.72. The van der Waals surface area contributed by atoms with Gasteiger partial charge >= 0.3 is 12.0 Å². The summed E-state index contributed by atoms with van der Waals surface area (Å²) in [5.41, 5.74) is 0.535. The summed E-state index contributed by atoms with van der Waals surface area (Å²) >= 11 is 0. The maximum atomic E-state index is 12.5. The zero-order valence-corrected chi connectivity index (χ0v) is 16.2. The second-order valence-electron chi connectivity index (χ2n) is 5.34. The molecule has 0 saturated heterocycles. The molecular formula is C16H19N3O7S. The van der Waals surface area contributed by atoms with Crippen LogP contribution in [0.25, 0.3) is 0 Å². The number of carbonyl (C=O) groups excluding carboxylic acids is 1. The van der Waals surface area contributed by atoms with Crippen LogP contribution in [0.2, 0.25) is 0 Å². The number of aromatic nitrogens is 2. The van der Waals surface area contributed by atoms with Crippen LogP contribution in [0.4, 0.5) is 0 Å². The van der Waals surface area contributed by atoms with Crippen molar-refractivity contribution in [3.63, 3.8) is 0 Å². The van der Waals surface area contributed by atoms with Crippen molar-refractivity contribution in [3.8, 4) is 23.5 Å². The second-order valence-corrected chi connectivity index (χ2v) is 7.32. The molecule has 11 heteroatoms. The Hall–Kier alpha value is -2.92. The van der Waals surface area contributed by atoms with Gasteiger partial charge in [0.05, 0.1) is 26.5 Å². The fraction of sp³-hybridized carbons (Fsp3) is 0.312. The van der Waals surface area contributed by atoms with Crippen molar-refractivity contribution >= 4 is 16.0 Å². The lowest BCUT2D eigenvalue weighted by molar-refractivity contribution is -0.0294. The van der Waals surface area contributed by atoms with Gasteiger partial charge in [-0.05, 0) is 23.0 Å². The average Bonchev–Trinajstić information content (AvgIpc) is 2.60. The van der Waals surface area contributed by atoms with E-state index in [9.17, 15) is 13.2 Å².